The summed E-state index contributed by atoms with van der Waals surface area (Å²) in [4.78, 5) is 4.14. The Kier molecular flexibility index (Phi) is 2.10. The van der Waals surface area contributed by atoms with Crippen LogP contribution in [0.1, 0.15) is 5.56 Å². The number of aliphatic hydroxyl groups is 1. The molecule has 3 heteroatoms. The smallest absolute Gasteiger partial charge is 0.152 e. The first-order valence-electron chi connectivity index (χ1n) is 4.00. The van der Waals surface area contributed by atoms with E-state index in [1.54, 1.807) is 24.6 Å². The van der Waals surface area contributed by atoms with Crippen molar-refractivity contribution < 1.29 is 9.52 Å². The van der Waals surface area contributed by atoms with Crippen molar-refractivity contribution in [1.29, 1.82) is 0 Å². The summed E-state index contributed by atoms with van der Waals surface area (Å²) in [7, 11) is 0. The van der Waals surface area contributed by atoms with E-state index in [1.165, 1.54) is 0 Å². The topological polar surface area (TPSA) is 46.3 Å². The summed E-state index contributed by atoms with van der Waals surface area (Å²) >= 11 is 0. The molecule has 0 spiro atoms. The molecule has 0 aliphatic carbocycles. The van der Waals surface area contributed by atoms with E-state index >= 15 is 0 Å². The van der Waals surface area contributed by atoms with Crippen LogP contribution in [-0.2, 0) is 6.61 Å². The van der Waals surface area contributed by atoms with Crippen LogP contribution >= 0.6 is 0 Å². The van der Waals surface area contributed by atoms with Crippen molar-refractivity contribution in [2.75, 3.05) is 0 Å². The molecule has 13 heavy (non-hydrogen) atoms. The molecule has 0 aromatic carbocycles. The minimum atomic E-state index is -0.0239. The Morgan fingerprint density at radius 3 is 2.92 bits per heavy atom. The maximum absolute atomic E-state index is 9.04. The molecule has 2 heterocycles. The fraction of sp³-hybridized carbons (Fsp3) is 0.100. The predicted octanol–water partition coefficient (Wildman–Crippen LogP) is 1.83. The van der Waals surface area contributed by atoms with Gasteiger partial charge in [-0.1, -0.05) is 6.07 Å². The van der Waals surface area contributed by atoms with E-state index in [9.17, 15) is 0 Å². The number of nitrogens with zero attached hydrogens (tertiary/aromatic N) is 1. The molecule has 2 aromatic rings. The highest BCUT2D eigenvalue weighted by Crippen LogP contribution is 2.20. The molecule has 1 N–H and O–H groups in total. The number of pyridine rings is 1. The van der Waals surface area contributed by atoms with E-state index in [0.29, 0.717) is 11.5 Å². The summed E-state index contributed by atoms with van der Waals surface area (Å²) in [5, 5.41) is 9.04. The highest BCUT2D eigenvalue weighted by molar-refractivity contribution is 5.56. The van der Waals surface area contributed by atoms with Crippen LogP contribution in [0, 0.1) is 0 Å². The summed E-state index contributed by atoms with van der Waals surface area (Å²) in [6.07, 6.45) is 3.27. The minimum Gasteiger partial charge on any atom is -0.463 e. The molecule has 0 aliphatic rings. The number of rotatable bonds is 2. The number of furan rings is 1. The van der Waals surface area contributed by atoms with Crippen LogP contribution in [0.4, 0.5) is 0 Å². The van der Waals surface area contributed by atoms with Gasteiger partial charge in [-0.15, -0.1) is 0 Å². The number of aromatic nitrogens is 1. The van der Waals surface area contributed by atoms with Crippen LogP contribution < -0.4 is 0 Å². The Labute approximate surface area is 75.7 Å². The van der Waals surface area contributed by atoms with Gasteiger partial charge in [0, 0.05) is 11.8 Å². The molecular weight excluding hydrogens is 166 g/mol. The summed E-state index contributed by atoms with van der Waals surface area (Å²) in [6.45, 7) is -0.0239. The van der Waals surface area contributed by atoms with E-state index in [0.717, 1.165) is 5.56 Å². The fourth-order valence-electron chi connectivity index (χ4n) is 1.20. The van der Waals surface area contributed by atoms with Crippen molar-refractivity contribution in [3.05, 3.63) is 42.3 Å². The van der Waals surface area contributed by atoms with Crippen molar-refractivity contribution >= 4 is 0 Å². The Morgan fingerprint density at radius 1 is 1.31 bits per heavy atom. The predicted molar refractivity (Wildman–Crippen MR) is 47.9 cm³/mol. The van der Waals surface area contributed by atoms with Crippen LogP contribution in [0.2, 0.25) is 0 Å². The molecule has 0 aliphatic heterocycles. The van der Waals surface area contributed by atoms with Crippen LogP contribution in [0.3, 0.4) is 0 Å². The Balaban J connectivity index is 2.51. The normalized spacial score (nSPS) is 10.2. The summed E-state index contributed by atoms with van der Waals surface area (Å²) in [6, 6.07) is 7.23. The average Bonchev–Trinajstić information content (AvgIpc) is 2.70. The van der Waals surface area contributed by atoms with Gasteiger partial charge in [-0.05, 0) is 18.2 Å². The lowest BCUT2D eigenvalue weighted by Gasteiger charge is -2.01. The minimum absolute atomic E-state index is 0.0239. The Morgan fingerprint density at radius 2 is 2.23 bits per heavy atom. The standard InChI is InChI=1S/C10H9NO2/c12-7-8-3-1-5-11-10(8)9-4-2-6-13-9/h1-6,12H,7H2. The molecule has 0 unspecified atom stereocenters. The van der Waals surface area contributed by atoms with Gasteiger partial charge in [-0.3, -0.25) is 4.98 Å². The number of aliphatic hydroxyl groups excluding tert-OH is 1. The van der Waals surface area contributed by atoms with Gasteiger partial charge < -0.3 is 9.52 Å². The molecule has 0 saturated carbocycles. The summed E-state index contributed by atoms with van der Waals surface area (Å²) in [5.74, 6) is 0.685. The zero-order valence-corrected chi connectivity index (χ0v) is 6.97. The highest BCUT2D eigenvalue weighted by atomic mass is 16.3. The zero-order chi connectivity index (χ0) is 9.10. The van der Waals surface area contributed by atoms with Crippen molar-refractivity contribution in [2.45, 2.75) is 6.61 Å². The van der Waals surface area contributed by atoms with E-state index in [2.05, 4.69) is 4.98 Å². The van der Waals surface area contributed by atoms with Gasteiger partial charge in [0.2, 0.25) is 0 Å². The van der Waals surface area contributed by atoms with E-state index in [-0.39, 0.29) is 6.61 Å². The lowest BCUT2D eigenvalue weighted by molar-refractivity contribution is 0.281. The molecule has 0 amide bonds. The highest BCUT2D eigenvalue weighted by Gasteiger charge is 2.06. The van der Waals surface area contributed by atoms with Crippen molar-refractivity contribution in [3.63, 3.8) is 0 Å². The molecule has 0 atom stereocenters. The second kappa shape index (κ2) is 3.41. The number of hydrogen-bond acceptors (Lipinski definition) is 3. The summed E-state index contributed by atoms with van der Waals surface area (Å²) in [5.41, 5.74) is 1.48. The van der Waals surface area contributed by atoms with Gasteiger partial charge in [0.25, 0.3) is 0 Å². The van der Waals surface area contributed by atoms with Gasteiger partial charge in [0.15, 0.2) is 5.76 Å². The fourth-order valence-corrected chi connectivity index (χ4v) is 1.20. The third-order valence-corrected chi connectivity index (χ3v) is 1.82. The maximum Gasteiger partial charge on any atom is 0.152 e. The lowest BCUT2D eigenvalue weighted by atomic mass is 10.2. The molecule has 0 saturated heterocycles. The van der Waals surface area contributed by atoms with E-state index < -0.39 is 0 Å². The van der Waals surface area contributed by atoms with Gasteiger partial charge >= 0.3 is 0 Å². The first-order valence-corrected chi connectivity index (χ1v) is 4.00. The molecular formula is C10H9NO2. The van der Waals surface area contributed by atoms with Crippen LogP contribution in [0.15, 0.2) is 41.1 Å². The van der Waals surface area contributed by atoms with E-state index in [1.807, 2.05) is 12.1 Å². The number of hydrogen-bond donors (Lipinski definition) is 1. The van der Waals surface area contributed by atoms with Crippen molar-refractivity contribution in [3.8, 4) is 11.5 Å². The second-order valence-electron chi connectivity index (χ2n) is 2.65. The SMILES string of the molecule is OCc1cccnc1-c1ccco1. The van der Waals surface area contributed by atoms with Gasteiger partial charge in [-0.25, -0.2) is 0 Å². The molecule has 2 aromatic heterocycles. The monoisotopic (exact) mass is 175 g/mol. The molecule has 0 radical (unpaired) electrons. The molecule has 0 fully saturated rings. The third kappa shape index (κ3) is 1.46. The van der Waals surface area contributed by atoms with Gasteiger partial charge in [0.05, 0.1) is 12.9 Å². The van der Waals surface area contributed by atoms with Gasteiger partial charge in [0.1, 0.15) is 5.69 Å². The summed E-state index contributed by atoms with van der Waals surface area (Å²) < 4.78 is 5.19. The van der Waals surface area contributed by atoms with E-state index in [4.69, 9.17) is 9.52 Å². The van der Waals surface area contributed by atoms with Crippen LogP contribution in [-0.4, -0.2) is 10.1 Å². The Hall–Kier alpha value is -1.61. The average molecular weight is 175 g/mol. The molecule has 0 bridgehead atoms. The molecule has 3 nitrogen and oxygen atoms in total. The maximum atomic E-state index is 9.04. The van der Waals surface area contributed by atoms with Crippen LogP contribution in [0.25, 0.3) is 11.5 Å². The largest absolute Gasteiger partial charge is 0.463 e. The Bertz CT molecular complexity index is 382. The second-order valence-corrected chi connectivity index (χ2v) is 2.65. The molecule has 66 valence electrons. The quantitative estimate of drug-likeness (QED) is 0.757. The van der Waals surface area contributed by atoms with Crippen LogP contribution in [0.5, 0.6) is 0 Å². The first-order chi connectivity index (χ1) is 6.42. The lowest BCUT2D eigenvalue weighted by Crippen LogP contribution is -1.90. The van der Waals surface area contributed by atoms with Gasteiger partial charge in [-0.2, -0.15) is 0 Å². The third-order valence-electron chi connectivity index (χ3n) is 1.82. The van der Waals surface area contributed by atoms with Crippen molar-refractivity contribution in [1.82, 2.24) is 4.98 Å². The molecule has 2 rings (SSSR count). The van der Waals surface area contributed by atoms with Crippen molar-refractivity contribution in [2.24, 2.45) is 0 Å². The first kappa shape index (κ1) is 8.01. The zero-order valence-electron chi connectivity index (χ0n) is 6.97.